The van der Waals surface area contributed by atoms with Gasteiger partial charge in [0.25, 0.3) is 5.91 Å². The van der Waals surface area contributed by atoms with E-state index in [1.165, 1.54) is 19.2 Å². The van der Waals surface area contributed by atoms with Gasteiger partial charge in [0.2, 0.25) is 5.91 Å². The molecule has 2 atom stereocenters. The van der Waals surface area contributed by atoms with Crippen molar-refractivity contribution in [1.29, 1.82) is 0 Å². The molecular formula is C20H20N4O5. The van der Waals surface area contributed by atoms with Crippen molar-refractivity contribution in [2.75, 3.05) is 13.7 Å². The van der Waals surface area contributed by atoms with Crippen molar-refractivity contribution in [3.63, 3.8) is 0 Å². The van der Waals surface area contributed by atoms with E-state index in [4.69, 9.17) is 4.74 Å². The third-order valence-corrected chi connectivity index (χ3v) is 4.82. The summed E-state index contributed by atoms with van der Waals surface area (Å²) in [6.07, 6.45) is 0. The van der Waals surface area contributed by atoms with Gasteiger partial charge in [0, 0.05) is 24.1 Å². The maximum atomic E-state index is 12.6. The number of rotatable bonds is 6. The Kier molecular flexibility index (Phi) is 5.87. The highest BCUT2D eigenvalue weighted by molar-refractivity contribution is 6.04. The van der Waals surface area contributed by atoms with E-state index in [0.29, 0.717) is 17.8 Å². The van der Waals surface area contributed by atoms with Crippen LogP contribution in [0.4, 0.5) is 5.69 Å². The summed E-state index contributed by atoms with van der Waals surface area (Å²) in [7, 11) is 1.35. The van der Waals surface area contributed by atoms with Crippen molar-refractivity contribution < 1.29 is 19.2 Å². The van der Waals surface area contributed by atoms with Gasteiger partial charge in [0.1, 0.15) is 5.92 Å². The number of nitrogens with one attached hydrogen (secondary N) is 2. The Hall–Kier alpha value is -3.75. The molecule has 1 saturated heterocycles. The number of hydrogen-bond donors (Lipinski definition) is 2. The zero-order chi connectivity index (χ0) is 21.0. The van der Waals surface area contributed by atoms with Gasteiger partial charge in [-0.05, 0) is 24.6 Å². The van der Waals surface area contributed by atoms with Gasteiger partial charge in [-0.2, -0.15) is 5.10 Å². The normalized spacial score (nSPS) is 18.8. The first kappa shape index (κ1) is 20.0. The van der Waals surface area contributed by atoms with Gasteiger partial charge < -0.3 is 10.1 Å². The molecule has 2 unspecified atom stereocenters. The fourth-order valence-electron chi connectivity index (χ4n) is 3.26. The number of methoxy groups -OCH3 is 1. The fourth-order valence-corrected chi connectivity index (χ4v) is 3.26. The molecule has 2 N–H and O–H groups in total. The zero-order valence-corrected chi connectivity index (χ0v) is 15.9. The summed E-state index contributed by atoms with van der Waals surface area (Å²) in [5, 5.41) is 17.9. The Morgan fingerprint density at radius 3 is 2.66 bits per heavy atom. The van der Waals surface area contributed by atoms with Gasteiger partial charge in [-0.3, -0.25) is 19.7 Å². The number of benzene rings is 2. The minimum absolute atomic E-state index is 0.129. The van der Waals surface area contributed by atoms with E-state index in [1.54, 1.807) is 13.0 Å². The summed E-state index contributed by atoms with van der Waals surface area (Å²) >= 11 is 0. The molecule has 2 aromatic carbocycles. The van der Waals surface area contributed by atoms with E-state index in [2.05, 4.69) is 15.8 Å². The van der Waals surface area contributed by atoms with Crippen molar-refractivity contribution in [2.24, 2.45) is 11.0 Å². The quantitative estimate of drug-likeness (QED) is 0.334. The Morgan fingerprint density at radius 1 is 1.28 bits per heavy atom. The Bertz CT molecular complexity index is 974. The molecule has 0 aliphatic carbocycles. The number of hydrogen-bond acceptors (Lipinski definition) is 6. The lowest BCUT2D eigenvalue weighted by atomic mass is 9.88. The van der Waals surface area contributed by atoms with Crippen molar-refractivity contribution in [3.05, 3.63) is 69.8 Å². The molecule has 3 rings (SSSR count). The summed E-state index contributed by atoms with van der Waals surface area (Å²) in [6.45, 7) is 1.98. The van der Waals surface area contributed by atoms with Gasteiger partial charge in [-0.1, -0.05) is 30.3 Å². The number of amides is 2. The van der Waals surface area contributed by atoms with Gasteiger partial charge in [-0.25, -0.2) is 5.43 Å². The number of nitro groups is 1. The zero-order valence-electron chi connectivity index (χ0n) is 15.9. The van der Waals surface area contributed by atoms with Gasteiger partial charge >= 0.3 is 5.69 Å². The lowest BCUT2D eigenvalue weighted by molar-refractivity contribution is -0.385. The monoisotopic (exact) mass is 396 g/mol. The van der Waals surface area contributed by atoms with Crippen molar-refractivity contribution >= 4 is 23.2 Å². The summed E-state index contributed by atoms with van der Waals surface area (Å²) in [4.78, 5) is 35.5. The molecule has 9 nitrogen and oxygen atoms in total. The van der Waals surface area contributed by atoms with E-state index in [-0.39, 0.29) is 23.3 Å². The molecule has 0 spiro atoms. The molecule has 1 fully saturated rings. The Labute approximate surface area is 166 Å². The highest BCUT2D eigenvalue weighted by Crippen LogP contribution is 2.29. The molecular weight excluding hydrogens is 376 g/mol. The van der Waals surface area contributed by atoms with E-state index < -0.39 is 16.7 Å². The third kappa shape index (κ3) is 4.23. The molecule has 1 aliphatic heterocycles. The molecule has 2 aromatic rings. The highest BCUT2D eigenvalue weighted by atomic mass is 16.6. The molecule has 0 bridgehead atoms. The van der Waals surface area contributed by atoms with Crippen LogP contribution in [0.15, 0.2) is 53.6 Å². The van der Waals surface area contributed by atoms with Crippen LogP contribution in [0, 0.1) is 16.0 Å². The maximum Gasteiger partial charge on any atom is 0.311 e. The standard InChI is InChI=1S/C20H20N4O5/c1-12(14-8-9-17(29-2)16(10-14)24(27)28)22-23-20(26)18-15(11-21-19(18)25)13-6-4-3-5-7-13/h3-10,15,18H,11H2,1-2H3,(H,21,25)(H,23,26)/b22-12+. The molecule has 0 radical (unpaired) electrons. The average molecular weight is 396 g/mol. The van der Waals surface area contributed by atoms with Crippen LogP contribution in [-0.2, 0) is 9.59 Å². The van der Waals surface area contributed by atoms with Gasteiger partial charge in [0.05, 0.1) is 17.7 Å². The molecule has 150 valence electrons. The Balaban J connectivity index is 1.78. The van der Waals surface area contributed by atoms with Gasteiger partial charge in [0.15, 0.2) is 5.75 Å². The second-order valence-electron chi connectivity index (χ2n) is 6.56. The first-order valence-electron chi connectivity index (χ1n) is 8.92. The van der Waals surface area contributed by atoms with Crippen LogP contribution in [-0.4, -0.2) is 36.1 Å². The molecule has 29 heavy (non-hydrogen) atoms. The molecule has 0 saturated carbocycles. The fraction of sp³-hybridized carbons (Fsp3) is 0.250. The molecule has 2 amide bonds. The van der Waals surface area contributed by atoms with Crippen LogP contribution in [0.5, 0.6) is 5.75 Å². The first-order valence-corrected chi connectivity index (χ1v) is 8.92. The van der Waals surface area contributed by atoms with Crippen LogP contribution in [0.3, 0.4) is 0 Å². The molecule has 0 aromatic heterocycles. The first-order chi connectivity index (χ1) is 13.9. The molecule has 9 heteroatoms. The van der Waals surface area contributed by atoms with Crippen LogP contribution < -0.4 is 15.5 Å². The molecule has 1 heterocycles. The highest BCUT2D eigenvalue weighted by Gasteiger charge is 2.41. The van der Waals surface area contributed by atoms with Crippen LogP contribution >= 0.6 is 0 Å². The number of hydrazone groups is 1. The Morgan fingerprint density at radius 2 is 2.00 bits per heavy atom. The van der Waals surface area contributed by atoms with Crippen molar-refractivity contribution in [3.8, 4) is 5.75 Å². The largest absolute Gasteiger partial charge is 0.490 e. The third-order valence-electron chi connectivity index (χ3n) is 4.82. The lowest BCUT2D eigenvalue weighted by Crippen LogP contribution is -2.35. The minimum Gasteiger partial charge on any atom is -0.490 e. The number of ether oxygens (including phenoxy) is 1. The summed E-state index contributed by atoms with van der Waals surface area (Å²) in [5.41, 5.74) is 3.91. The van der Waals surface area contributed by atoms with Crippen LogP contribution in [0.1, 0.15) is 24.0 Å². The SMILES string of the molecule is COc1ccc(/C(C)=N/NC(=O)C2C(=O)NCC2c2ccccc2)cc1[N+](=O)[O-]. The van der Waals surface area contributed by atoms with Crippen molar-refractivity contribution in [1.82, 2.24) is 10.7 Å². The maximum absolute atomic E-state index is 12.6. The predicted molar refractivity (Wildman–Crippen MR) is 106 cm³/mol. The number of nitrogens with zero attached hydrogens (tertiary/aromatic N) is 2. The number of nitro benzene ring substituents is 1. The minimum atomic E-state index is -0.904. The van der Waals surface area contributed by atoms with E-state index in [1.807, 2.05) is 30.3 Å². The van der Waals surface area contributed by atoms with Crippen molar-refractivity contribution in [2.45, 2.75) is 12.8 Å². The summed E-state index contributed by atoms with van der Waals surface area (Å²) in [5.74, 6) is -1.95. The lowest BCUT2D eigenvalue weighted by Gasteiger charge is -2.15. The van der Waals surface area contributed by atoms with E-state index >= 15 is 0 Å². The number of carbonyl (C=O) groups is 2. The topological polar surface area (TPSA) is 123 Å². The second kappa shape index (κ2) is 8.51. The summed E-state index contributed by atoms with van der Waals surface area (Å²) < 4.78 is 4.98. The van der Waals surface area contributed by atoms with E-state index in [0.717, 1.165) is 5.56 Å². The average Bonchev–Trinajstić information content (AvgIpc) is 3.13. The van der Waals surface area contributed by atoms with Crippen LogP contribution in [0.2, 0.25) is 0 Å². The second-order valence-corrected chi connectivity index (χ2v) is 6.56. The number of carbonyl (C=O) groups excluding carboxylic acids is 2. The smallest absolute Gasteiger partial charge is 0.311 e. The van der Waals surface area contributed by atoms with Gasteiger partial charge in [-0.15, -0.1) is 0 Å². The predicted octanol–water partition coefficient (Wildman–Crippen LogP) is 1.97. The van der Waals surface area contributed by atoms with E-state index in [9.17, 15) is 19.7 Å². The summed E-state index contributed by atoms with van der Waals surface area (Å²) in [6, 6.07) is 13.7. The molecule has 1 aliphatic rings. The van der Waals surface area contributed by atoms with Crippen LogP contribution in [0.25, 0.3) is 0 Å².